The Labute approximate surface area is 228 Å². The lowest BCUT2D eigenvalue weighted by atomic mass is 10.1. The molecule has 0 unspecified atom stereocenters. The smallest absolute Gasteiger partial charge is 0.300 e. The lowest BCUT2D eigenvalue weighted by molar-refractivity contribution is -0.923. The topological polar surface area (TPSA) is 181 Å². The third-order valence-corrected chi connectivity index (χ3v) is 4.98. The van der Waals surface area contributed by atoms with Gasteiger partial charge in [-0.15, -0.1) is 0 Å². The second-order valence-corrected chi connectivity index (χ2v) is 8.11. The predicted octanol–water partition coefficient (Wildman–Crippen LogP) is 2.86. The Balaban J connectivity index is -0.000000277. The number of carboxylic acids is 4. The first kappa shape index (κ1) is 41.1. The highest BCUT2D eigenvalue weighted by atomic mass is 79.9. The minimum Gasteiger partial charge on any atom is -0.550 e. The number of rotatable bonds is 9. The number of benzene rings is 1. The van der Waals surface area contributed by atoms with Gasteiger partial charge in [0.1, 0.15) is 0 Å². The van der Waals surface area contributed by atoms with E-state index >= 15 is 0 Å². The number of aryl methyl sites for hydroxylation is 1. The number of amides is 1. The number of aliphatic carboxylic acids is 4. The normalized spacial score (nSPS) is 9.19. The van der Waals surface area contributed by atoms with Gasteiger partial charge in [-0.25, -0.2) is 0 Å². The van der Waals surface area contributed by atoms with E-state index in [1.807, 2.05) is 12.1 Å². The van der Waals surface area contributed by atoms with Crippen molar-refractivity contribution in [2.24, 2.45) is 0 Å². The third-order valence-electron chi connectivity index (χ3n) is 4.47. The average molecular weight is 596 g/mol. The van der Waals surface area contributed by atoms with Crippen LogP contribution in [0.5, 0.6) is 0 Å². The molecule has 0 fully saturated rings. The number of carbonyl (C=O) groups excluding carboxylic acids is 2. The Bertz CT molecular complexity index is 709. The summed E-state index contributed by atoms with van der Waals surface area (Å²) in [6, 6.07) is 8.19. The molecule has 0 aliphatic rings. The average Bonchev–Trinajstić information content (AvgIpc) is 2.77. The summed E-state index contributed by atoms with van der Waals surface area (Å²) in [4.78, 5) is 47.2. The number of hydrogen-bond acceptors (Lipinski definition) is 6. The minimum absolute atomic E-state index is 0.0151. The zero-order chi connectivity index (χ0) is 30.0. The number of hydrogen-bond donors (Lipinski definition) is 4. The van der Waals surface area contributed by atoms with Gasteiger partial charge in [-0.3, -0.25) is 19.2 Å². The monoisotopic (exact) mass is 594 g/mol. The van der Waals surface area contributed by atoms with Crippen LogP contribution in [-0.4, -0.2) is 81.1 Å². The lowest BCUT2D eigenvalue weighted by Crippen LogP contribution is -2.48. The van der Waals surface area contributed by atoms with Crippen LogP contribution in [0.15, 0.2) is 24.3 Å². The molecule has 0 heterocycles. The molecule has 0 atom stereocenters. The summed E-state index contributed by atoms with van der Waals surface area (Å²) in [5, 5.41) is 34.3. The molecule has 37 heavy (non-hydrogen) atoms. The number of anilines is 1. The van der Waals surface area contributed by atoms with E-state index < -0.39 is 23.9 Å². The van der Waals surface area contributed by atoms with Gasteiger partial charge in [-0.05, 0) is 51.8 Å². The van der Waals surface area contributed by atoms with Crippen molar-refractivity contribution in [3.05, 3.63) is 29.8 Å². The van der Waals surface area contributed by atoms with E-state index in [1.54, 1.807) is 0 Å². The fraction of sp³-hybridized carbons (Fsp3) is 0.560. The van der Waals surface area contributed by atoms with Crippen molar-refractivity contribution in [1.29, 1.82) is 0 Å². The number of halogens is 1. The molecule has 1 rings (SSSR count). The van der Waals surface area contributed by atoms with Crippen LogP contribution in [0.3, 0.4) is 0 Å². The van der Waals surface area contributed by atoms with E-state index in [0.717, 1.165) is 39.8 Å². The molecular formula is C25H43BrN2O9. The largest absolute Gasteiger partial charge is 0.550 e. The fourth-order valence-corrected chi connectivity index (χ4v) is 2.85. The Hall–Kier alpha value is -2.99. The van der Waals surface area contributed by atoms with Gasteiger partial charge in [-0.1, -0.05) is 28.1 Å². The van der Waals surface area contributed by atoms with Crippen LogP contribution in [0.25, 0.3) is 0 Å². The fourth-order valence-electron chi connectivity index (χ4n) is 2.71. The van der Waals surface area contributed by atoms with Gasteiger partial charge in [-0.2, -0.15) is 0 Å². The maximum absolute atomic E-state index is 11.3. The summed E-state index contributed by atoms with van der Waals surface area (Å²) in [6.07, 6.45) is 2.31. The van der Waals surface area contributed by atoms with Crippen LogP contribution >= 0.6 is 15.9 Å². The molecule has 4 N–H and O–H groups in total. The first-order chi connectivity index (χ1) is 17.0. The minimum atomic E-state index is -1.08. The first-order valence-corrected chi connectivity index (χ1v) is 12.7. The van der Waals surface area contributed by atoms with Gasteiger partial charge in [0.25, 0.3) is 17.9 Å². The molecule has 12 heteroatoms. The molecule has 0 radical (unpaired) electrons. The second kappa shape index (κ2) is 26.1. The summed E-state index contributed by atoms with van der Waals surface area (Å²) in [5.74, 6) is -3.60. The number of nitrogens with one attached hydrogen (secondary N) is 1. The van der Waals surface area contributed by atoms with Crippen molar-refractivity contribution < 1.29 is 48.9 Å². The molecule has 1 amide bonds. The number of alkyl halides is 1. The molecule has 1 aromatic rings. The molecule has 0 saturated heterocycles. The molecule has 0 aromatic heterocycles. The molecule has 0 spiro atoms. The van der Waals surface area contributed by atoms with Crippen LogP contribution in [-0.2, 0) is 30.4 Å². The summed E-state index contributed by atoms with van der Waals surface area (Å²) >= 11 is 3.15. The van der Waals surface area contributed by atoms with Crippen LogP contribution in [0, 0.1) is 0 Å². The van der Waals surface area contributed by atoms with E-state index in [0.29, 0.717) is 5.33 Å². The number of quaternary nitrogens is 1. The third kappa shape index (κ3) is 37.7. The second-order valence-electron chi connectivity index (χ2n) is 7.54. The summed E-state index contributed by atoms with van der Waals surface area (Å²) in [7, 11) is 0. The van der Waals surface area contributed by atoms with Crippen molar-refractivity contribution in [2.45, 2.75) is 61.3 Å². The quantitative estimate of drug-likeness (QED) is 0.247. The highest BCUT2D eigenvalue weighted by Crippen LogP contribution is 2.13. The highest BCUT2D eigenvalue weighted by Gasteiger charge is 2.19. The summed E-state index contributed by atoms with van der Waals surface area (Å²) in [5.41, 5.74) is 2.21. The van der Waals surface area contributed by atoms with Crippen molar-refractivity contribution in [3.8, 4) is 0 Å². The van der Waals surface area contributed by atoms with Crippen molar-refractivity contribution in [1.82, 2.24) is 0 Å². The molecule has 0 aliphatic heterocycles. The Morgan fingerprint density at radius 1 is 0.811 bits per heavy atom. The maximum Gasteiger partial charge on any atom is 0.300 e. The predicted molar refractivity (Wildman–Crippen MR) is 145 cm³/mol. The molecule has 1 aromatic carbocycles. The molecular weight excluding hydrogens is 552 g/mol. The lowest BCUT2D eigenvalue weighted by Gasteiger charge is -2.35. The van der Waals surface area contributed by atoms with E-state index in [2.05, 4.69) is 54.2 Å². The maximum atomic E-state index is 11.3. The Morgan fingerprint density at radius 3 is 1.41 bits per heavy atom. The van der Waals surface area contributed by atoms with Gasteiger partial charge in [0.2, 0.25) is 5.91 Å². The van der Waals surface area contributed by atoms with E-state index in [9.17, 15) is 4.79 Å². The molecule has 0 aliphatic carbocycles. The van der Waals surface area contributed by atoms with Gasteiger partial charge in [0, 0.05) is 38.8 Å². The Morgan fingerprint density at radius 2 is 1.14 bits per heavy atom. The number of carboxylic acid groups (broad SMARTS) is 4. The van der Waals surface area contributed by atoms with Gasteiger partial charge < -0.3 is 35.0 Å². The molecule has 0 saturated carbocycles. The van der Waals surface area contributed by atoms with Gasteiger partial charge in [0.15, 0.2) is 0 Å². The van der Waals surface area contributed by atoms with Crippen LogP contribution < -0.4 is 10.4 Å². The first-order valence-electron chi connectivity index (χ1n) is 11.6. The van der Waals surface area contributed by atoms with Crippen LogP contribution in [0.4, 0.5) is 5.69 Å². The summed E-state index contributed by atoms with van der Waals surface area (Å²) in [6.45, 7) is 16.0. The molecule has 0 bridgehead atoms. The number of nitrogens with zero attached hydrogens (tertiary/aromatic N) is 1. The van der Waals surface area contributed by atoms with Crippen LogP contribution in [0.1, 0.15) is 60.5 Å². The number of carbonyl (C=O) groups is 5. The van der Waals surface area contributed by atoms with E-state index in [1.165, 1.54) is 42.6 Å². The zero-order valence-electron chi connectivity index (χ0n) is 22.9. The van der Waals surface area contributed by atoms with E-state index in [-0.39, 0.29) is 5.91 Å². The van der Waals surface area contributed by atoms with E-state index in [4.69, 9.17) is 39.6 Å². The van der Waals surface area contributed by atoms with Crippen molar-refractivity contribution in [2.75, 3.05) is 36.8 Å². The Kier molecular flexibility index (Phi) is 29.0. The standard InChI is InChI=1S/C17H27BrN2O.4C2H4O2/c1-4-20(5-2,6-3)13-7-8-15-9-11-16(12-10-15)19-17(21)14-18;4*1-2(3)4/h9-12H,4-8,13-14H2,1-3H3;4*1H3,(H,3,4). The van der Waals surface area contributed by atoms with Crippen molar-refractivity contribution >= 4 is 51.4 Å². The summed E-state index contributed by atoms with van der Waals surface area (Å²) < 4.78 is 1.21. The van der Waals surface area contributed by atoms with Crippen molar-refractivity contribution in [3.63, 3.8) is 0 Å². The zero-order valence-corrected chi connectivity index (χ0v) is 24.5. The van der Waals surface area contributed by atoms with Gasteiger partial charge in [0.05, 0.1) is 31.5 Å². The van der Waals surface area contributed by atoms with Crippen LogP contribution in [0.2, 0.25) is 0 Å². The SMILES string of the molecule is CC(=O)O.CC(=O)O.CC(=O)O.CC(=O)[O-].CC[N+](CC)(CC)CCCc1ccc(NC(=O)CBr)cc1. The van der Waals surface area contributed by atoms with Gasteiger partial charge >= 0.3 is 0 Å². The molecule has 11 nitrogen and oxygen atoms in total. The highest BCUT2D eigenvalue weighted by molar-refractivity contribution is 9.09. The molecule has 214 valence electrons.